The summed E-state index contributed by atoms with van der Waals surface area (Å²) < 4.78 is 27.4. The molecule has 1 aromatic carbocycles. The zero-order chi connectivity index (χ0) is 13.2. The molecule has 2 rings (SSSR count). The predicted molar refractivity (Wildman–Crippen MR) is 70.7 cm³/mol. The normalized spacial score (nSPS) is 24.1. The molecule has 1 aliphatic heterocycles. The van der Waals surface area contributed by atoms with Gasteiger partial charge in [-0.15, -0.1) is 0 Å². The van der Waals surface area contributed by atoms with E-state index in [2.05, 4.69) is 5.32 Å². The first-order valence-corrected chi connectivity index (χ1v) is 7.63. The van der Waals surface area contributed by atoms with E-state index in [0.29, 0.717) is 11.6 Å². The summed E-state index contributed by atoms with van der Waals surface area (Å²) in [4.78, 5) is 0. The molecule has 3 N–H and O–H groups in total. The molecule has 6 heteroatoms. The molecule has 0 aliphatic carbocycles. The van der Waals surface area contributed by atoms with Crippen molar-refractivity contribution in [2.24, 2.45) is 5.14 Å². The number of benzene rings is 1. The Morgan fingerprint density at radius 3 is 2.56 bits per heavy atom. The maximum atomic E-state index is 11.0. The van der Waals surface area contributed by atoms with Crippen molar-refractivity contribution >= 4 is 15.7 Å². The van der Waals surface area contributed by atoms with E-state index in [4.69, 9.17) is 9.88 Å². The van der Waals surface area contributed by atoms with Gasteiger partial charge in [0.1, 0.15) is 0 Å². The molecule has 1 aromatic rings. The maximum Gasteiger partial charge on any atom is 0.213 e. The van der Waals surface area contributed by atoms with Crippen molar-refractivity contribution in [1.29, 1.82) is 0 Å². The molecule has 18 heavy (non-hydrogen) atoms. The molecule has 1 heterocycles. The van der Waals surface area contributed by atoms with Crippen molar-refractivity contribution in [2.45, 2.75) is 31.2 Å². The summed E-state index contributed by atoms with van der Waals surface area (Å²) >= 11 is 0. The third-order valence-electron chi connectivity index (χ3n) is 3.05. The minimum absolute atomic E-state index is 0.129. The first kappa shape index (κ1) is 13.3. The Hall–Kier alpha value is -1.11. The van der Waals surface area contributed by atoms with Gasteiger partial charge in [-0.25, -0.2) is 13.6 Å². The van der Waals surface area contributed by atoms with Crippen LogP contribution in [0.25, 0.3) is 0 Å². The van der Waals surface area contributed by atoms with Crippen LogP contribution < -0.4 is 10.5 Å². The highest BCUT2D eigenvalue weighted by atomic mass is 32.2. The van der Waals surface area contributed by atoms with Crippen LogP contribution in [-0.4, -0.2) is 27.2 Å². The van der Waals surface area contributed by atoms with Crippen LogP contribution in [0, 0.1) is 0 Å². The average molecular weight is 270 g/mol. The van der Waals surface area contributed by atoms with E-state index in [1.165, 1.54) is 0 Å². The van der Waals surface area contributed by atoms with Crippen molar-refractivity contribution in [3.05, 3.63) is 29.8 Å². The van der Waals surface area contributed by atoms with Crippen LogP contribution in [0.15, 0.2) is 24.3 Å². The second-order valence-electron chi connectivity index (χ2n) is 4.62. The van der Waals surface area contributed by atoms with E-state index < -0.39 is 10.0 Å². The van der Waals surface area contributed by atoms with Gasteiger partial charge in [0, 0.05) is 12.3 Å². The van der Waals surface area contributed by atoms with Gasteiger partial charge in [-0.3, -0.25) is 0 Å². The van der Waals surface area contributed by atoms with E-state index in [-0.39, 0.29) is 11.9 Å². The fourth-order valence-electron chi connectivity index (χ4n) is 2.06. The van der Waals surface area contributed by atoms with Crippen LogP contribution in [0.4, 0.5) is 5.69 Å². The highest BCUT2D eigenvalue weighted by Gasteiger charge is 2.23. The first-order valence-electron chi connectivity index (χ1n) is 5.91. The van der Waals surface area contributed by atoms with Gasteiger partial charge in [0.15, 0.2) is 0 Å². The highest BCUT2D eigenvalue weighted by Crippen LogP contribution is 2.19. The van der Waals surface area contributed by atoms with Crippen LogP contribution in [-0.2, 0) is 20.5 Å². The Bertz CT molecular complexity index is 499. The second kappa shape index (κ2) is 5.26. The van der Waals surface area contributed by atoms with Crippen molar-refractivity contribution in [2.75, 3.05) is 11.9 Å². The molecule has 0 amide bonds. The molecule has 0 bridgehead atoms. The largest absolute Gasteiger partial charge is 0.380 e. The predicted octanol–water partition coefficient (Wildman–Crippen LogP) is 1.06. The van der Waals surface area contributed by atoms with Gasteiger partial charge in [-0.2, -0.15) is 0 Å². The summed E-state index contributed by atoms with van der Waals surface area (Å²) in [5, 5.41) is 8.37. The van der Waals surface area contributed by atoms with Crippen molar-refractivity contribution in [3.63, 3.8) is 0 Å². The summed E-state index contributed by atoms with van der Waals surface area (Å²) in [6.07, 6.45) is 1.19. The third-order valence-corrected chi connectivity index (χ3v) is 3.79. The number of rotatable bonds is 4. The van der Waals surface area contributed by atoms with Crippen molar-refractivity contribution in [3.8, 4) is 0 Å². The van der Waals surface area contributed by atoms with Crippen LogP contribution in [0.5, 0.6) is 0 Å². The number of sulfonamides is 1. The molecule has 2 unspecified atom stereocenters. The monoisotopic (exact) mass is 270 g/mol. The molecule has 2 atom stereocenters. The lowest BCUT2D eigenvalue weighted by molar-refractivity contribution is 0.121. The Morgan fingerprint density at radius 2 is 2.06 bits per heavy atom. The fraction of sp³-hybridized carbons (Fsp3) is 0.500. The van der Waals surface area contributed by atoms with Gasteiger partial charge < -0.3 is 10.1 Å². The first-order chi connectivity index (χ1) is 8.44. The number of primary sulfonamides is 1. The van der Waals surface area contributed by atoms with Gasteiger partial charge in [0.05, 0.1) is 17.9 Å². The van der Waals surface area contributed by atoms with Crippen LogP contribution in [0.2, 0.25) is 0 Å². The molecule has 5 nitrogen and oxygen atoms in total. The van der Waals surface area contributed by atoms with Crippen LogP contribution in [0.1, 0.15) is 18.9 Å². The van der Waals surface area contributed by atoms with Crippen molar-refractivity contribution in [1.82, 2.24) is 0 Å². The second-order valence-corrected chi connectivity index (χ2v) is 6.23. The number of hydrogen-bond acceptors (Lipinski definition) is 4. The zero-order valence-corrected chi connectivity index (χ0v) is 11.1. The molecule has 0 aromatic heterocycles. The maximum absolute atomic E-state index is 11.0. The molecule has 100 valence electrons. The van der Waals surface area contributed by atoms with Gasteiger partial charge >= 0.3 is 0 Å². The number of nitrogens with one attached hydrogen (secondary N) is 1. The van der Waals surface area contributed by atoms with E-state index in [9.17, 15) is 8.42 Å². The lowest BCUT2D eigenvalue weighted by Gasteiger charge is -2.17. The summed E-state index contributed by atoms with van der Waals surface area (Å²) in [5.74, 6) is -0.129. The van der Waals surface area contributed by atoms with Crippen molar-refractivity contribution < 1.29 is 13.2 Å². The topological polar surface area (TPSA) is 81.4 Å². The standard InChI is InChI=1S/C12H18N2O3S/c1-9-12(6-7-17-9)14-11-4-2-10(3-5-11)8-18(13,15)16/h2-5,9,12,14H,6-8H2,1H3,(H2,13,15,16). The van der Waals surface area contributed by atoms with Gasteiger partial charge in [0.2, 0.25) is 10.0 Å². The number of nitrogens with two attached hydrogens (primary N) is 1. The molecule has 0 spiro atoms. The Labute approximate surface area is 107 Å². The van der Waals surface area contributed by atoms with E-state index in [1.54, 1.807) is 12.1 Å². The number of ether oxygens (including phenoxy) is 1. The Balaban J connectivity index is 1.99. The lowest BCUT2D eigenvalue weighted by Crippen LogP contribution is -2.26. The summed E-state index contributed by atoms with van der Waals surface area (Å²) in [6, 6.07) is 7.59. The fourth-order valence-corrected chi connectivity index (χ4v) is 2.72. The van der Waals surface area contributed by atoms with Crippen LogP contribution >= 0.6 is 0 Å². The SMILES string of the molecule is CC1OCCC1Nc1ccc(CS(N)(=O)=O)cc1. The summed E-state index contributed by atoms with van der Waals surface area (Å²) in [5.41, 5.74) is 1.66. The Kier molecular flexibility index (Phi) is 3.89. The smallest absolute Gasteiger partial charge is 0.213 e. The van der Waals surface area contributed by atoms with Crippen LogP contribution in [0.3, 0.4) is 0 Å². The van der Waals surface area contributed by atoms with Gasteiger partial charge in [0.25, 0.3) is 0 Å². The molecule has 1 aliphatic rings. The van der Waals surface area contributed by atoms with E-state index in [1.807, 2.05) is 19.1 Å². The number of hydrogen-bond donors (Lipinski definition) is 2. The zero-order valence-electron chi connectivity index (χ0n) is 10.3. The Morgan fingerprint density at radius 1 is 1.39 bits per heavy atom. The molecular formula is C12H18N2O3S. The van der Waals surface area contributed by atoms with Gasteiger partial charge in [-0.05, 0) is 31.0 Å². The van der Waals surface area contributed by atoms with E-state index >= 15 is 0 Å². The minimum atomic E-state index is -3.46. The third kappa shape index (κ3) is 3.69. The number of anilines is 1. The molecule has 0 saturated carbocycles. The summed E-state index contributed by atoms with van der Waals surface area (Å²) in [6.45, 7) is 2.82. The van der Waals surface area contributed by atoms with Gasteiger partial charge in [-0.1, -0.05) is 12.1 Å². The highest BCUT2D eigenvalue weighted by molar-refractivity contribution is 7.88. The molecular weight excluding hydrogens is 252 g/mol. The van der Waals surface area contributed by atoms with E-state index in [0.717, 1.165) is 18.7 Å². The minimum Gasteiger partial charge on any atom is -0.380 e. The summed E-state index contributed by atoms with van der Waals surface area (Å²) in [7, 11) is -3.46. The average Bonchev–Trinajstić information content (AvgIpc) is 2.65. The quantitative estimate of drug-likeness (QED) is 0.857. The molecule has 1 saturated heterocycles. The lowest BCUT2D eigenvalue weighted by atomic mass is 10.1. The molecule has 1 fully saturated rings. The molecule has 0 radical (unpaired) electrons.